The van der Waals surface area contributed by atoms with E-state index in [9.17, 15) is 9.18 Å². The molecular weight excluding hydrogens is 393 g/mol. The number of aryl methyl sites for hydroxylation is 1. The molecule has 0 fully saturated rings. The van der Waals surface area contributed by atoms with E-state index >= 15 is 0 Å². The van der Waals surface area contributed by atoms with Crippen LogP contribution in [-0.2, 0) is 6.42 Å². The van der Waals surface area contributed by atoms with Gasteiger partial charge < -0.3 is 15.4 Å². The third-order valence-electron chi connectivity index (χ3n) is 4.31. The summed E-state index contributed by atoms with van der Waals surface area (Å²) in [5.74, 6) is 0.602. The number of nitrogens with one attached hydrogen (secondary N) is 2. The Hall–Kier alpha value is -3.12. The van der Waals surface area contributed by atoms with Crippen molar-refractivity contribution < 1.29 is 13.9 Å². The van der Waals surface area contributed by atoms with Gasteiger partial charge in [0.2, 0.25) is 0 Å². The van der Waals surface area contributed by atoms with Gasteiger partial charge in [-0.15, -0.1) is 0 Å². The number of amides is 1. The van der Waals surface area contributed by atoms with Crippen LogP contribution in [0.2, 0.25) is 5.02 Å². The Morgan fingerprint density at radius 3 is 2.66 bits per heavy atom. The van der Waals surface area contributed by atoms with Crippen molar-refractivity contribution in [1.29, 1.82) is 0 Å². The largest absolute Gasteiger partial charge is 0.497 e. The van der Waals surface area contributed by atoms with Crippen LogP contribution in [0.15, 0.2) is 60.8 Å². The Bertz CT molecular complexity index is 980. The third kappa shape index (κ3) is 5.93. The van der Waals surface area contributed by atoms with E-state index in [1.165, 1.54) is 23.8 Å². The second-order valence-electron chi connectivity index (χ2n) is 6.39. The van der Waals surface area contributed by atoms with E-state index < -0.39 is 5.82 Å². The lowest BCUT2D eigenvalue weighted by Gasteiger charge is -2.09. The maximum absolute atomic E-state index is 13.2. The quantitative estimate of drug-likeness (QED) is 0.499. The maximum Gasteiger partial charge on any atom is 0.255 e. The summed E-state index contributed by atoms with van der Waals surface area (Å²) in [7, 11) is 1.65. The van der Waals surface area contributed by atoms with Gasteiger partial charge in [-0.2, -0.15) is 0 Å². The molecule has 0 bridgehead atoms. The van der Waals surface area contributed by atoms with Crippen LogP contribution in [0.1, 0.15) is 22.3 Å². The number of benzene rings is 2. The molecule has 1 amide bonds. The van der Waals surface area contributed by atoms with Gasteiger partial charge >= 0.3 is 0 Å². The lowest BCUT2D eigenvalue weighted by atomic mass is 10.1. The van der Waals surface area contributed by atoms with Crippen LogP contribution in [-0.4, -0.2) is 24.5 Å². The molecule has 150 valence electrons. The van der Waals surface area contributed by atoms with Gasteiger partial charge in [-0.1, -0.05) is 23.7 Å². The van der Waals surface area contributed by atoms with Gasteiger partial charge in [0.25, 0.3) is 5.91 Å². The van der Waals surface area contributed by atoms with Crippen molar-refractivity contribution in [2.75, 3.05) is 24.3 Å². The zero-order valence-electron chi connectivity index (χ0n) is 15.9. The van der Waals surface area contributed by atoms with Crippen LogP contribution >= 0.6 is 11.6 Å². The first-order chi connectivity index (χ1) is 14.0. The monoisotopic (exact) mass is 413 g/mol. The highest BCUT2D eigenvalue weighted by Gasteiger charge is 2.09. The number of methoxy groups -OCH3 is 1. The van der Waals surface area contributed by atoms with Crippen molar-refractivity contribution >= 4 is 29.0 Å². The van der Waals surface area contributed by atoms with E-state index in [0.29, 0.717) is 17.1 Å². The van der Waals surface area contributed by atoms with Crippen LogP contribution in [0.5, 0.6) is 5.75 Å². The molecule has 0 atom stereocenters. The van der Waals surface area contributed by atoms with Crippen LogP contribution in [0.25, 0.3) is 0 Å². The Morgan fingerprint density at radius 1 is 1.14 bits per heavy atom. The molecule has 0 unspecified atom stereocenters. The standard InChI is InChI=1S/C22H21ClFN3O2/c1-29-18-7-4-15(5-8-18)3-2-11-25-21-13-16(10-12-26-21)22(28)27-17-6-9-20(24)19(23)14-17/h4-10,12-14H,2-3,11H2,1H3,(H,25,26)(H,27,28). The minimum absolute atomic E-state index is 0.0447. The SMILES string of the molecule is COc1ccc(CCCNc2cc(C(=O)Nc3ccc(F)c(Cl)c3)ccn2)cc1. The lowest BCUT2D eigenvalue weighted by molar-refractivity contribution is 0.102. The number of halogens is 2. The normalized spacial score (nSPS) is 10.4. The summed E-state index contributed by atoms with van der Waals surface area (Å²) in [5.41, 5.74) is 2.09. The van der Waals surface area contributed by atoms with Gasteiger partial charge in [-0.25, -0.2) is 9.37 Å². The molecule has 0 radical (unpaired) electrons. The summed E-state index contributed by atoms with van der Waals surface area (Å²) >= 11 is 5.75. The molecule has 0 aliphatic heterocycles. The Morgan fingerprint density at radius 2 is 1.93 bits per heavy atom. The van der Waals surface area contributed by atoms with Gasteiger partial charge in [0.15, 0.2) is 0 Å². The van der Waals surface area contributed by atoms with Gasteiger partial charge in [0.1, 0.15) is 17.4 Å². The molecule has 5 nitrogen and oxygen atoms in total. The number of hydrogen-bond acceptors (Lipinski definition) is 4. The number of carbonyl (C=O) groups is 1. The highest BCUT2D eigenvalue weighted by Crippen LogP contribution is 2.20. The lowest BCUT2D eigenvalue weighted by Crippen LogP contribution is -2.13. The molecule has 0 saturated carbocycles. The fourth-order valence-corrected chi connectivity index (χ4v) is 2.93. The highest BCUT2D eigenvalue weighted by atomic mass is 35.5. The number of nitrogens with zero attached hydrogens (tertiary/aromatic N) is 1. The predicted molar refractivity (Wildman–Crippen MR) is 113 cm³/mol. The van der Waals surface area contributed by atoms with E-state index in [2.05, 4.69) is 15.6 Å². The number of rotatable bonds is 8. The van der Waals surface area contributed by atoms with Crippen LogP contribution < -0.4 is 15.4 Å². The molecule has 3 aromatic rings. The fraction of sp³-hybridized carbons (Fsp3) is 0.182. The molecule has 1 aromatic heterocycles. The van der Waals surface area contributed by atoms with Crippen molar-refractivity contribution in [3.63, 3.8) is 0 Å². The summed E-state index contributed by atoms with van der Waals surface area (Å²) in [5, 5.41) is 5.88. The second-order valence-corrected chi connectivity index (χ2v) is 6.80. The molecule has 7 heteroatoms. The number of ether oxygens (including phenoxy) is 1. The van der Waals surface area contributed by atoms with Gasteiger partial charge in [-0.05, 0) is 60.9 Å². The van der Waals surface area contributed by atoms with Crippen molar-refractivity contribution in [1.82, 2.24) is 4.98 Å². The molecule has 29 heavy (non-hydrogen) atoms. The summed E-state index contributed by atoms with van der Waals surface area (Å²) in [6.45, 7) is 0.720. The summed E-state index contributed by atoms with van der Waals surface area (Å²) in [6.07, 6.45) is 3.40. The van der Waals surface area contributed by atoms with Gasteiger partial charge in [0, 0.05) is 24.0 Å². The minimum Gasteiger partial charge on any atom is -0.497 e. The highest BCUT2D eigenvalue weighted by molar-refractivity contribution is 6.31. The smallest absolute Gasteiger partial charge is 0.255 e. The topological polar surface area (TPSA) is 63.2 Å². The summed E-state index contributed by atoms with van der Waals surface area (Å²) in [4.78, 5) is 16.7. The molecule has 0 spiro atoms. The molecule has 2 aromatic carbocycles. The van der Waals surface area contributed by atoms with E-state index in [1.54, 1.807) is 25.4 Å². The molecule has 0 aliphatic rings. The van der Waals surface area contributed by atoms with E-state index in [1.807, 2.05) is 24.3 Å². The number of carbonyl (C=O) groups excluding carboxylic acids is 1. The molecular formula is C22H21ClFN3O2. The molecule has 3 rings (SSSR count). The predicted octanol–water partition coefficient (Wildman–Crippen LogP) is 5.18. The third-order valence-corrected chi connectivity index (χ3v) is 4.60. The number of hydrogen-bond donors (Lipinski definition) is 2. The average molecular weight is 414 g/mol. The van der Waals surface area contributed by atoms with E-state index in [-0.39, 0.29) is 10.9 Å². The van der Waals surface area contributed by atoms with E-state index in [4.69, 9.17) is 16.3 Å². The Kier molecular flexibility index (Phi) is 7.03. The van der Waals surface area contributed by atoms with Crippen molar-refractivity contribution in [2.24, 2.45) is 0 Å². The van der Waals surface area contributed by atoms with Crippen LogP contribution in [0, 0.1) is 5.82 Å². The van der Waals surface area contributed by atoms with E-state index in [0.717, 1.165) is 25.1 Å². The molecule has 1 heterocycles. The first-order valence-electron chi connectivity index (χ1n) is 9.14. The molecule has 2 N–H and O–H groups in total. The first kappa shape index (κ1) is 20.6. The Balaban J connectivity index is 1.51. The Labute approximate surface area is 173 Å². The van der Waals surface area contributed by atoms with Crippen molar-refractivity contribution in [3.8, 4) is 5.75 Å². The summed E-state index contributed by atoms with van der Waals surface area (Å²) < 4.78 is 18.4. The zero-order chi connectivity index (χ0) is 20.6. The molecule has 0 aliphatic carbocycles. The maximum atomic E-state index is 13.2. The fourth-order valence-electron chi connectivity index (χ4n) is 2.75. The summed E-state index contributed by atoms with van der Waals surface area (Å²) in [6, 6.07) is 15.3. The number of pyridine rings is 1. The van der Waals surface area contributed by atoms with Crippen LogP contribution in [0.3, 0.4) is 0 Å². The first-order valence-corrected chi connectivity index (χ1v) is 9.52. The molecule has 0 saturated heterocycles. The minimum atomic E-state index is -0.533. The van der Waals surface area contributed by atoms with Crippen LogP contribution in [0.4, 0.5) is 15.9 Å². The average Bonchev–Trinajstić information content (AvgIpc) is 2.74. The van der Waals surface area contributed by atoms with Crippen molar-refractivity contribution in [2.45, 2.75) is 12.8 Å². The van der Waals surface area contributed by atoms with Crippen molar-refractivity contribution in [3.05, 3.63) is 82.8 Å². The second kappa shape index (κ2) is 9.89. The van der Waals surface area contributed by atoms with Gasteiger partial charge in [0.05, 0.1) is 12.1 Å². The number of anilines is 2. The van der Waals surface area contributed by atoms with Gasteiger partial charge in [-0.3, -0.25) is 4.79 Å². The zero-order valence-corrected chi connectivity index (χ0v) is 16.7. The number of aromatic nitrogens is 1.